The number of aromatic nitrogens is 1. The van der Waals surface area contributed by atoms with E-state index in [1.54, 1.807) is 5.51 Å². The van der Waals surface area contributed by atoms with Crippen molar-refractivity contribution < 1.29 is 4.79 Å². The van der Waals surface area contributed by atoms with E-state index in [-0.39, 0.29) is 36.8 Å². The Labute approximate surface area is 130 Å². The summed E-state index contributed by atoms with van der Waals surface area (Å²) in [6.45, 7) is 5.43. The van der Waals surface area contributed by atoms with Crippen LogP contribution in [-0.4, -0.2) is 34.9 Å². The van der Waals surface area contributed by atoms with E-state index >= 15 is 0 Å². The van der Waals surface area contributed by atoms with Crippen LogP contribution in [0.25, 0.3) is 0 Å². The van der Waals surface area contributed by atoms with Gasteiger partial charge in [-0.25, -0.2) is 4.98 Å². The highest BCUT2D eigenvalue weighted by Crippen LogP contribution is 2.26. The monoisotopic (exact) mass is 325 g/mol. The van der Waals surface area contributed by atoms with Crippen LogP contribution in [0.5, 0.6) is 0 Å². The van der Waals surface area contributed by atoms with E-state index in [0.29, 0.717) is 12.5 Å². The third kappa shape index (κ3) is 3.81. The number of amides is 1. The summed E-state index contributed by atoms with van der Waals surface area (Å²) in [5.74, 6) is 0.595. The van der Waals surface area contributed by atoms with E-state index < -0.39 is 0 Å². The van der Waals surface area contributed by atoms with Crippen molar-refractivity contribution in [2.24, 2.45) is 11.7 Å². The SMILES string of the molecule is Cc1ncsc1C(=O)N1CCCC(C)C1CN.Cl.Cl. The Morgan fingerprint density at radius 1 is 1.58 bits per heavy atom. The smallest absolute Gasteiger partial charge is 0.266 e. The quantitative estimate of drug-likeness (QED) is 0.908. The van der Waals surface area contributed by atoms with Crippen molar-refractivity contribution in [3.05, 3.63) is 16.1 Å². The van der Waals surface area contributed by atoms with Crippen molar-refractivity contribution in [2.75, 3.05) is 13.1 Å². The molecule has 19 heavy (non-hydrogen) atoms. The maximum Gasteiger partial charge on any atom is 0.266 e. The topological polar surface area (TPSA) is 59.2 Å². The number of thiazole rings is 1. The molecule has 1 amide bonds. The van der Waals surface area contributed by atoms with E-state index in [1.807, 2.05) is 11.8 Å². The lowest BCUT2D eigenvalue weighted by Crippen LogP contribution is -2.51. The van der Waals surface area contributed by atoms with Gasteiger partial charge in [0.15, 0.2) is 0 Å². The number of likely N-dealkylation sites (tertiary alicyclic amines) is 1. The van der Waals surface area contributed by atoms with Crippen LogP contribution in [0.4, 0.5) is 0 Å². The van der Waals surface area contributed by atoms with Crippen LogP contribution in [0.15, 0.2) is 5.51 Å². The van der Waals surface area contributed by atoms with Gasteiger partial charge in [-0.15, -0.1) is 36.2 Å². The molecule has 0 bridgehead atoms. The second-order valence-electron chi connectivity index (χ2n) is 4.69. The van der Waals surface area contributed by atoms with Crippen LogP contribution in [0.1, 0.15) is 35.1 Å². The molecule has 110 valence electrons. The summed E-state index contributed by atoms with van der Waals surface area (Å²) in [6.07, 6.45) is 2.23. The fourth-order valence-corrected chi connectivity index (χ4v) is 3.26. The molecular formula is C12H21Cl2N3OS. The molecule has 0 spiro atoms. The Bertz CT molecular complexity index is 413. The molecule has 7 heteroatoms. The first kappa shape index (κ1) is 18.6. The molecule has 2 unspecified atom stereocenters. The van der Waals surface area contributed by atoms with Crippen molar-refractivity contribution in [2.45, 2.75) is 32.7 Å². The number of rotatable bonds is 2. The van der Waals surface area contributed by atoms with Gasteiger partial charge in [-0.05, 0) is 25.7 Å². The molecule has 1 aliphatic rings. The number of carbonyl (C=O) groups excluding carboxylic acids is 1. The van der Waals surface area contributed by atoms with Gasteiger partial charge in [0.05, 0.1) is 11.2 Å². The van der Waals surface area contributed by atoms with Gasteiger partial charge in [-0.2, -0.15) is 0 Å². The summed E-state index contributed by atoms with van der Waals surface area (Å²) in [7, 11) is 0. The molecule has 1 aliphatic heterocycles. The minimum Gasteiger partial charge on any atom is -0.333 e. The zero-order chi connectivity index (χ0) is 12.4. The van der Waals surface area contributed by atoms with Crippen molar-refractivity contribution in [3.63, 3.8) is 0 Å². The summed E-state index contributed by atoms with van der Waals surface area (Å²) in [4.78, 5) is 19.3. The second-order valence-corrected chi connectivity index (χ2v) is 5.54. The van der Waals surface area contributed by atoms with E-state index in [2.05, 4.69) is 11.9 Å². The maximum absolute atomic E-state index is 12.4. The second kappa shape index (κ2) is 8.04. The largest absolute Gasteiger partial charge is 0.333 e. The summed E-state index contributed by atoms with van der Waals surface area (Å²) in [6, 6.07) is 0.178. The third-order valence-electron chi connectivity index (χ3n) is 3.56. The Balaban J connectivity index is 0.00000162. The summed E-state index contributed by atoms with van der Waals surface area (Å²) >= 11 is 1.42. The lowest BCUT2D eigenvalue weighted by atomic mass is 9.90. The number of nitrogens with zero attached hydrogens (tertiary/aromatic N) is 2. The molecule has 0 aliphatic carbocycles. The number of halogens is 2. The lowest BCUT2D eigenvalue weighted by Gasteiger charge is -2.39. The van der Waals surface area contributed by atoms with Crippen LogP contribution in [-0.2, 0) is 0 Å². The average Bonchev–Trinajstić information content (AvgIpc) is 2.74. The van der Waals surface area contributed by atoms with E-state index in [9.17, 15) is 4.79 Å². The zero-order valence-corrected chi connectivity index (χ0v) is 13.6. The van der Waals surface area contributed by atoms with E-state index in [1.165, 1.54) is 11.3 Å². The third-order valence-corrected chi connectivity index (χ3v) is 4.47. The van der Waals surface area contributed by atoms with Crippen LogP contribution >= 0.6 is 36.2 Å². The van der Waals surface area contributed by atoms with Crippen LogP contribution in [0.3, 0.4) is 0 Å². The molecule has 2 heterocycles. The molecule has 0 radical (unpaired) electrons. The Hall–Kier alpha value is -0.360. The van der Waals surface area contributed by atoms with Gasteiger partial charge < -0.3 is 10.6 Å². The highest BCUT2D eigenvalue weighted by Gasteiger charge is 2.32. The number of piperidine rings is 1. The Morgan fingerprint density at radius 2 is 2.26 bits per heavy atom. The first-order chi connectivity index (χ1) is 8.15. The fraction of sp³-hybridized carbons (Fsp3) is 0.667. The van der Waals surface area contributed by atoms with Gasteiger partial charge in [0.2, 0.25) is 0 Å². The minimum absolute atomic E-state index is 0. The van der Waals surface area contributed by atoms with E-state index in [0.717, 1.165) is 30.0 Å². The molecule has 2 atom stereocenters. The Kier molecular flexibility index (Phi) is 7.89. The number of hydrogen-bond acceptors (Lipinski definition) is 4. The van der Waals surface area contributed by atoms with Gasteiger partial charge in [0, 0.05) is 19.1 Å². The molecule has 1 fully saturated rings. The minimum atomic E-state index is 0. The predicted molar refractivity (Wildman–Crippen MR) is 83.6 cm³/mol. The summed E-state index contributed by atoms with van der Waals surface area (Å²) in [5.41, 5.74) is 8.36. The summed E-state index contributed by atoms with van der Waals surface area (Å²) in [5, 5.41) is 0. The van der Waals surface area contributed by atoms with Crippen molar-refractivity contribution in [3.8, 4) is 0 Å². The van der Waals surface area contributed by atoms with Gasteiger partial charge in [-0.1, -0.05) is 6.92 Å². The van der Waals surface area contributed by atoms with Crippen molar-refractivity contribution >= 4 is 42.1 Å². The highest BCUT2D eigenvalue weighted by molar-refractivity contribution is 7.11. The van der Waals surface area contributed by atoms with Crippen LogP contribution in [0.2, 0.25) is 0 Å². The predicted octanol–water partition coefficient (Wildman–Crippen LogP) is 2.49. The van der Waals surface area contributed by atoms with Gasteiger partial charge in [0.25, 0.3) is 5.91 Å². The maximum atomic E-state index is 12.4. The lowest BCUT2D eigenvalue weighted by molar-refractivity contribution is 0.0536. The number of carbonyl (C=O) groups is 1. The Morgan fingerprint density at radius 3 is 2.79 bits per heavy atom. The molecule has 1 aromatic heterocycles. The van der Waals surface area contributed by atoms with Crippen LogP contribution < -0.4 is 5.73 Å². The molecule has 0 aromatic carbocycles. The van der Waals surface area contributed by atoms with Crippen molar-refractivity contribution in [1.29, 1.82) is 0 Å². The standard InChI is InChI=1S/C12H19N3OS.2ClH/c1-8-4-3-5-15(10(8)6-13)12(16)11-9(2)14-7-17-11;;/h7-8,10H,3-6,13H2,1-2H3;2*1H. The molecule has 1 aromatic rings. The molecule has 2 N–H and O–H groups in total. The molecule has 4 nitrogen and oxygen atoms in total. The molecule has 2 rings (SSSR count). The molecule has 0 saturated carbocycles. The number of nitrogens with two attached hydrogens (primary N) is 1. The summed E-state index contributed by atoms with van der Waals surface area (Å²) < 4.78 is 0. The highest BCUT2D eigenvalue weighted by atomic mass is 35.5. The van der Waals surface area contributed by atoms with E-state index in [4.69, 9.17) is 5.73 Å². The normalized spacial score (nSPS) is 22.4. The number of aryl methyl sites for hydroxylation is 1. The molecule has 1 saturated heterocycles. The van der Waals surface area contributed by atoms with Gasteiger partial charge >= 0.3 is 0 Å². The zero-order valence-electron chi connectivity index (χ0n) is 11.2. The average molecular weight is 326 g/mol. The van der Waals surface area contributed by atoms with Crippen molar-refractivity contribution in [1.82, 2.24) is 9.88 Å². The van der Waals surface area contributed by atoms with Gasteiger partial charge in [-0.3, -0.25) is 4.79 Å². The number of hydrogen-bond donors (Lipinski definition) is 1. The first-order valence-corrected chi connectivity index (χ1v) is 6.94. The fourth-order valence-electron chi connectivity index (χ4n) is 2.50. The first-order valence-electron chi connectivity index (χ1n) is 6.06. The molecular weight excluding hydrogens is 305 g/mol. The van der Waals surface area contributed by atoms with Gasteiger partial charge in [0.1, 0.15) is 4.88 Å². The van der Waals surface area contributed by atoms with Crippen LogP contribution in [0, 0.1) is 12.8 Å².